The molecule has 0 aliphatic carbocycles. The van der Waals surface area contributed by atoms with Crippen LogP contribution in [0.15, 0.2) is 53.5 Å². The largest absolute Gasteiger partial charge is 0.376 e. The fraction of sp³-hybridized carbons (Fsp3) is 0.300. The minimum absolute atomic E-state index is 0.0980. The first-order valence-electron chi connectivity index (χ1n) is 8.67. The van der Waals surface area contributed by atoms with Crippen LogP contribution in [0.5, 0.6) is 0 Å². The van der Waals surface area contributed by atoms with Crippen molar-refractivity contribution in [2.75, 3.05) is 18.5 Å². The number of halogens is 1. The molecule has 1 atom stereocenters. The summed E-state index contributed by atoms with van der Waals surface area (Å²) in [5.74, 6) is 0.170. The summed E-state index contributed by atoms with van der Waals surface area (Å²) in [6.07, 6.45) is 2.13. The summed E-state index contributed by atoms with van der Waals surface area (Å²) >= 11 is 6.10. The SMILES string of the molecule is Cc1ccc(Cl)cc1NC(=NCC1CCCO1)NC(=O)c1ccccc1. The van der Waals surface area contributed by atoms with Crippen molar-refractivity contribution in [2.45, 2.75) is 25.9 Å². The first-order chi connectivity index (χ1) is 12.6. The third-order valence-electron chi connectivity index (χ3n) is 4.20. The lowest BCUT2D eigenvalue weighted by molar-refractivity contribution is 0.0975. The van der Waals surface area contributed by atoms with Gasteiger partial charge in [0.2, 0.25) is 5.96 Å². The number of benzene rings is 2. The zero-order valence-electron chi connectivity index (χ0n) is 14.7. The van der Waals surface area contributed by atoms with Crippen molar-refractivity contribution in [3.8, 4) is 0 Å². The molecule has 2 N–H and O–H groups in total. The van der Waals surface area contributed by atoms with E-state index in [1.807, 2.05) is 43.3 Å². The normalized spacial score (nSPS) is 17.2. The van der Waals surface area contributed by atoms with Crippen molar-refractivity contribution in [2.24, 2.45) is 4.99 Å². The van der Waals surface area contributed by atoms with E-state index in [-0.39, 0.29) is 12.0 Å². The zero-order valence-corrected chi connectivity index (χ0v) is 15.4. The van der Waals surface area contributed by atoms with E-state index in [0.29, 0.717) is 23.1 Å². The monoisotopic (exact) mass is 371 g/mol. The molecule has 136 valence electrons. The molecule has 1 amide bonds. The Balaban J connectivity index is 1.77. The maximum atomic E-state index is 12.5. The van der Waals surface area contributed by atoms with Gasteiger partial charge in [-0.1, -0.05) is 35.9 Å². The number of nitrogens with zero attached hydrogens (tertiary/aromatic N) is 1. The minimum Gasteiger partial charge on any atom is -0.376 e. The van der Waals surface area contributed by atoms with Gasteiger partial charge in [0, 0.05) is 22.9 Å². The van der Waals surface area contributed by atoms with E-state index in [1.165, 1.54) is 0 Å². The molecule has 2 aromatic rings. The number of amides is 1. The van der Waals surface area contributed by atoms with Gasteiger partial charge in [0.15, 0.2) is 0 Å². The van der Waals surface area contributed by atoms with Gasteiger partial charge in [-0.2, -0.15) is 0 Å². The number of aliphatic imine (C=N–C) groups is 1. The number of anilines is 1. The summed E-state index contributed by atoms with van der Waals surface area (Å²) in [7, 11) is 0. The number of nitrogens with one attached hydrogen (secondary N) is 2. The predicted molar refractivity (Wildman–Crippen MR) is 105 cm³/mol. The molecule has 6 heteroatoms. The lowest BCUT2D eigenvalue weighted by Gasteiger charge is -2.15. The number of hydrogen-bond acceptors (Lipinski definition) is 3. The number of aryl methyl sites for hydroxylation is 1. The highest BCUT2D eigenvalue weighted by Crippen LogP contribution is 2.20. The van der Waals surface area contributed by atoms with Gasteiger partial charge < -0.3 is 10.1 Å². The molecular weight excluding hydrogens is 350 g/mol. The second kappa shape index (κ2) is 8.83. The summed E-state index contributed by atoms with van der Waals surface area (Å²) in [5, 5.41) is 6.66. The quantitative estimate of drug-likeness (QED) is 0.630. The molecule has 0 spiro atoms. The Morgan fingerprint density at radius 1 is 1.27 bits per heavy atom. The standard InChI is InChI=1S/C20H22ClN3O2/c1-14-9-10-16(21)12-18(14)23-20(22-13-17-8-5-11-26-17)24-19(25)15-6-3-2-4-7-15/h2-4,6-7,9-10,12,17H,5,8,11,13H2,1H3,(H2,22,23,24,25). The summed E-state index contributed by atoms with van der Waals surface area (Å²) in [6, 6.07) is 14.6. The van der Waals surface area contributed by atoms with Crippen molar-refractivity contribution >= 4 is 29.2 Å². The highest BCUT2D eigenvalue weighted by Gasteiger charge is 2.16. The zero-order chi connectivity index (χ0) is 18.4. The van der Waals surface area contributed by atoms with Gasteiger partial charge in [0.1, 0.15) is 0 Å². The van der Waals surface area contributed by atoms with E-state index in [9.17, 15) is 4.79 Å². The Morgan fingerprint density at radius 3 is 2.81 bits per heavy atom. The lowest BCUT2D eigenvalue weighted by atomic mass is 10.2. The summed E-state index contributed by atoms with van der Waals surface area (Å²) < 4.78 is 5.62. The number of rotatable bonds is 4. The minimum atomic E-state index is -0.219. The van der Waals surface area contributed by atoms with Crippen LogP contribution in [0.25, 0.3) is 0 Å². The van der Waals surface area contributed by atoms with Crippen LogP contribution in [0, 0.1) is 6.92 Å². The van der Waals surface area contributed by atoms with Crippen LogP contribution in [0.3, 0.4) is 0 Å². The van der Waals surface area contributed by atoms with Gasteiger partial charge in [0.05, 0.1) is 12.6 Å². The molecule has 0 bridgehead atoms. The van der Waals surface area contributed by atoms with E-state index in [1.54, 1.807) is 12.1 Å². The number of carbonyl (C=O) groups is 1. The van der Waals surface area contributed by atoms with Crippen LogP contribution < -0.4 is 10.6 Å². The van der Waals surface area contributed by atoms with E-state index in [4.69, 9.17) is 16.3 Å². The van der Waals surface area contributed by atoms with Gasteiger partial charge >= 0.3 is 0 Å². The molecule has 1 aliphatic rings. The molecule has 0 radical (unpaired) electrons. The summed E-state index contributed by atoms with van der Waals surface area (Å²) in [4.78, 5) is 17.0. The van der Waals surface area contributed by atoms with E-state index >= 15 is 0 Å². The van der Waals surface area contributed by atoms with Crippen molar-refractivity contribution < 1.29 is 9.53 Å². The molecule has 1 fully saturated rings. The Morgan fingerprint density at radius 2 is 2.08 bits per heavy atom. The Bertz CT molecular complexity index is 787. The highest BCUT2D eigenvalue weighted by atomic mass is 35.5. The number of ether oxygens (including phenoxy) is 1. The van der Waals surface area contributed by atoms with Crippen molar-refractivity contribution in [3.63, 3.8) is 0 Å². The van der Waals surface area contributed by atoms with Crippen LogP contribution in [0.1, 0.15) is 28.8 Å². The second-order valence-electron chi connectivity index (χ2n) is 6.23. The number of guanidine groups is 1. The second-order valence-corrected chi connectivity index (χ2v) is 6.67. The third kappa shape index (κ3) is 5.07. The molecule has 1 unspecified atom stereocenters. The fourth-order valence-electron chi connectivity index (χ4n) is 2.72. The molecule has 5 nitrogen and oxygen atoms in total. The van der Waals surface area contributed by atoms with Gasteiger partial charge in [-0.05, 0) is 49.6 Å². The molecule has 1 saturated heterocycles. The van der Waals surface area contributed by atoms with Gasteiger partial charge in [-0.3, -0.25) is 10.1 Å². The van der Waals surface area contributed by atoms with Crippen LogP contribution in [-0.4, -0.2) is 31.1 Å². The number of hydrogen-bond donors (Lipinski definition) is 2. The molecule has 26 heavy (non-hydrogen) atoms. The van der Waals surface area contributed by atoms with Crippen LogP contribution in [0.2, 0.25) is 5.02 Å². The third-order valence-corrected chi connectivity index (χ3v) is 4.43. The molecule has 0 aromatic heterocycles. The maximum Gasteiger partial charge on any atom is 0.257 e. The molecule has 1 aliphatic heterocycles. The average Bonchev–Trinajstić information content (AvgIpc) is 3.17. The highest BCUT2D eigenvalue weighted by molar-refractivity contribution is 6.31. The van der Waals surface area contributed by atoms with Gasteiger partial charge in [-0.25, -0.2) is 4.99 Å². The van der Waals surface area contributed by atoms with Crippen LogP contribution in [-0.2, 0) is 4.74 Å². The topological polar surface area (TPSA) is 62.7 Å². The van der Waals surface area contributed by atoms with Crippen LogP contribution >= 0.6 is 11.6 Å². The van der Waals surface area contributed by atoms with E-state index in [2.05, 4.69) is 15.6 Å². The first-order valence-corrected chi connectivity index (χ1v) is 9.05. The Kier molecular flexibility index (Phi) is 6.26. The summed E-state index contributed by atoms with van der Waals surface area (Å²) in [5.41, 5.74) is 2.38. The van der Waals surface area contributed by atoms with Crippen molar-refractivity contribution in [3.05, 3.63) is 64.7 Å². The number of carbonyl (C=O) groups excluding carboxylic acids is 1. The molecule has 2 aromatic carbocycles. The molecule has 3 rings (SSSR count). The maximum absolute atomic E-state index is 12.5. The predicted octanol–water partition coefficient (Wildman–Crippen LogP) is 4.03. The fourth-order valence-corrected chi connectivity index (χ4v) is 2.89. The van der Waals surface area contributed by atoms with E-state index in [0.717, 1.165) is 30.7 Å². The lowest BCUT2D eigenvalue weighted by Crippen LogP contribution is -2.37. The van der Waals surface area contributed by atoms with E-state index < -0.39 is 0 Å². The smallest absolute Gasteiger partial charge is 0.257 e. The Hall–Kier alpha value is -2.37. The molecular formula is C20H22ClN3O2. The first kappa shape index (κ1) is 18.4. The van der Waals surface area contributed by atoms with Gasteiger partial charge in [0.25, 0.3) is 5.91 Å². The summed E-state index contributed by atoms with van der Waals surface area (Å²) in [6.45, 7) is 3.24. The average molecular weight is 372 g/mol. The van der Waals surface area contributed by atoms with Crippen LogP contribution in [0.4, 0.5) is 5.69 Å². The van der Waals surface area contributed by atoms with Gasteiger partial charge in [-0.15, -0.1) is 0 Å². The van der Waals surface area contributed by atoms with Crippen molar-refractivity contribution in [1.82, 2.24) is 5.32 Å². The Labute approximate surface area is 158 Å². The molecule has 1 heterocycles. The van der Waals surface area contributed by atoms with Crippen molar-refractivity contribution in [1.29, 1.82) is 0 Å². The molecule has 0 saturated carbocycles.